The highest BCUT2D eigenvalue weighted by molar-refractivity contribution is 5.44. The van der Waals surface area contributed by atoms with Gasteiger partial charge in [0.25, 0.3) is 0 Å². The lowest BCUT2D eigenvalue weighted by atomic mass is 9.28. The second-order valence-corrected chi connectivity index (χ2v) is 14.9. The van der Waals surface area contributed by atoms with E-state index in [2.05, 4.69) is 48.8 Å². The van der Waals surface area contributed by atoms with E-state index in [-0.39, 0.29) is 33.7 Å². The maximum Gasteiger partial charge on any atom is 0.0724 e. The lowest BCUT2D eigenvalue weighted by Gasteiger charge is -2.76. The number of aliphatic hydroxyl groups is 2. The van der Waals surface area contributed by atoms with E-state index in [1.165, 1.54) is 38.5 Å². The summed E-state index contributed by atoms with van der Waals surface area (Å²) in [6, 6.07) is 0.468. The lowest BCUT2D eigenvalue weighted by Crippen LogP contribution is -2.77. The number of fused-ring (bicyclic) bond motifs is 2. The molecule has 0 heterocycles. The van der Waals surface area contributed by atoms with E-state index in [4.69, 9.17) is 0 Å². The molecule has 4 nitrogen and oxygen atoms in total. The third-order valence-corrected chi connectivity index (χ3v) is 13.4. The number of hydrogen-bond acceptors (Lipinski definition) is 4. The molecule has 0 aromatic heterocycles. The molecule has 9 aliphatic rings. The highest BCUT2D eigenvalue weighted by atomic mass is 16.3. The van der Waals surface area contributed by atoms with Crippen LogP contribution in [0.25, 0.3) is 0 Å². The first-order valence-electron chi connectivity index (χ1n) is 15.4. The van der Waals surface area contributed by atoms with Gasteiger partial charge in [-0.1, -0.05) is 63.8 Å². The molecule has 9 rings (SSSR count). The minimum Gasteiger partial charge on any atom is -0.392 e. The van der Waals surface area contributed by atoms with Crippen LogP contribution < -0.4 is 10.6 Å². The van der Waals surface area contributed by atoms with Gasteiger partial charge < -0.3 is 20.8 Å². The van der Waals surface area contributed by atoms with Crippen molar-refractivity contribution in [3.8, 4) is 0 Å². The Morgan fingerprint density at radius 2 is 1.86 bits per heavy atom. The Kier molecular flexibility index (Phi) is 5.37. The molecule has 0 aromatic rings. The van der Waals surface area contributed by atoms with Crippen LogP contribution in [-0.2, 0) is 0 Å². The molecule has 200 valence electrons. The number of rotatable bonds is 8. The molecule has 7 bridgehead atoms. The summed E-state index contributed by atoms with van der Waals surface area (Å²) in [6.45, 7) is 6.69. The molecule has 3 spiro atoms. The fourth-order valence-corrected chi connectivity index (χ4v) is 12.5. The zero-order chi connectivity index (χ0) is 25.0. The molecule has 0 radical (unpaired) electrons. The average Bonchev–Trinajstić information content (AvgIpc) is 3.08. The summed E-state index contributed by atoms with van der Waals surface area (Å²) in [5.74, 6) is 2.46. The molecular weight excluding hydrogens is 444 g/mol. The normalized spacial score (nSPS) is 57.2. The number of likely N-dealkylation sites (N-methyl/N-ethyl adjacent to an activating group) is 1. The highest BCUT2D eigenvalue weighted by Crippen LogP contribution is 2.89. The molecule has 4 N–H and O–H groups in total. The Bertz CT molecular complexity index is 964. The van der Waals surface area contributed by atoms with Gasteiger partial charge in [0.1, 0.15) is 0 Å². The fraction of sp³-hybridized carbons (Fsp3) is 0.875. The van der Waals surface area contributed by atoms with E-state index < -0.39 is 5.60 Å². The maximum atomic E-state index is 12.9. The number of nitrogens with one attached hydrogen (secondary N) is 2. The molecule has 9 aliphatic carbocycles. The predicted molar refractivity (Wildman–Crippen MR) is 144 cm³/mol. The number of allylic oxidation sites excluding steroid dienone is 1. The molecule has 0 saturated heterocycles. The number of unbranched alkanes of at least 4 members (excludes halogenated alkanes) is 2. The summed E-state index contributed by atoms with van der Waals surface area (Å²) in [7, 11) is 2.04. The van der Waals surface area contributed by atoms with Crippen molar-refractivity contribution in [3.63, 3.8) is 0 Å². The van der Waals surface area contributed by atoms with Crippen molar-refractivity contribution in [1.82, 2.24) is 10.6 Å². The average molecular weight is 495 g/mol. The van der Waals surface area contributed by atoms with Crippen LogP contribution in [0.4, 0.5) is 0 Å². The minimum atomic E-state index is -0.663. The first-order valence-corrected chi connectivity index (χ1v) is 15.4. The summed E-state index contributed by atoms with van der Waals surface area (Å²) in [4.78, 5) is 0. The smallest absolute Gasteiger partial charge is 0.0724 e. The van der Waals surface area contributed by atoms with Crippen molar-refractivity contribution in [2.75, 3.05) is 20.1 Å². The van der Waals surface area contributed by atoms with Gasteiger partial charge in [-0.05, 0) is 86.5 Å². The number of aliphatic hydroxyl groups excluding tert-OH is 1. The van der Waals surface area contributed by atoms with Gasteiger partial charge in [-0.2, -0.15) is 0 Å². The summed E-state index contributed by atoms with van der Waals surface area (Å²) in [5.41, 5.74) is -0.978. The topological polar surface area (TPSA) is 64.5 Å². The van der Waals surface area contributed by atoms with Crippen molar-refractivity contribution in [2.24, 2.45) is 51.2 Å². The maximum absolute atomic E-state index is 12.9. The second-order valence-electron chi connectivity index (χ2n) is 14.9. The SMILES string of the molecule is CCCCCC1CC2C(NCCNC)C3C=CC45C(O)C6C=CC7CC6(C)CC(O)(C7)C4(C3)CC25C1. The van der Waals surface area contributed by atoms with Crippen LogP contribution in [0.1, 0.15) is 84.5 Å². The summed E-state index contributed by atoms with van der Waals surface area (Å²) in [6.07, 6.45) is 22.4. The minimum absolute atomic E-state index is 0.0102. The van der Waals surface area contributed by atoms with Crippen LogP contribution in [0, 0.1) is 51.2 Å². The molecular formula is C32H50N2O2. The van der Waals surface area contributed by atoms with E-state index in [0.29, 0.717) is 23.8 Å². The largest absolute Gasteiger partial charge is 0.392 e. The zero-order valence-corrected chi connectivity index (χ0v) is 22.9. The van der Waals surface area contributed by atoms with Crippen LogP contribution in [0.3, 0.4) is 0 Å². The van der Waals surface area contributed by atoms with Crippen molar-refractivity contribution in [1.29, 1.82) is 0 Å². The molecule has 0 aromatic carbocycles. The molecule has 4 heteroatoms. The zero-order valence-electron chi connectivity index (χ0n) is 22.9. The quantitative estimate of drug-likeness (QED) is 0.289. The van der Waals surface area contributed by atoms with Gasteiger partial charge in [0.05, 0.1) is 11.7 Å². The van der Waals surface area contributed by atoms with Gasteiger partial charge in [0, 0.05) is 35.9 Å². The van der Waals surface area contributed by atoms with Gasteiger partial charge in [0.2, 0.25) is 0 Å². The van der Waals surface area contributed by atoms with E-state index in [0.717, 1.165) is 51.1 Å². The van der Waals surface area contributed by atoms with Gasteiger partial charge >= 0.3 is 0 Å². The van der Waals surface area contributed by atoms with Gasteiger partial charge in [-0.15, -0.1) is 0 Å². The Morgan fingerprint density at radius 1 is 1.00 bits per heavy atom. The van der Waals surface area contributed by atoms with E-state index >= 15 is 0 Å². The molecule has 36 heavy (non-hydrogen) atoms. The van der Waals surface area contributed by atoms with Crippen LogP contribution >= 0.6 is 0 Å². The Balaban J connectivity index is 1.36. The predicted octanol–water partition coefficient (Wildman–Crippen LogP) is 4.82. The van der Waals surface area contributed by atoms with Crippen molar-refractivity contribution in [3.05, 3.63) is 24.3 Å². The van der Waals surface area contributed by atoms with Crippen LogP contribution in [0.5, 0.6) is 0 Å². The monoisotopic (exact) mass is 494 g/mol. The summed E-state index contributed by atoms with van der Waals surface area (Å²) < 4.78 is 0. The van der Waals surface area contributed by atoms with Gasteiger partial charge in [-0.25, -0.2) is 0 Å². The molecule has 6 fully saturated rings. The highest BCUT2D eigenvalue weighted by Gasteiger charge is 2.87. The second kappa shape index (κ2) is 7.93. The van der Waals surface area contributed by atoms with E-state index in [9.17, 15) is 10.2 Å². The van der Waals surface area contributed by atoms with E-state index in [1.807, 2.05) is 7.05 Å². The van der Waals surface area contributed by atoms with Crippen LogP contribution in [0.15, 0.2) is 24.3 Å². The van der Waals surface area contributed by atoms with E-state index in [1.54, 1.807) is 0 Å². The first kappa shape index (κ1) is 24.4. The molecule has 0 aliphatic heterocycles. The molecule has 12 atom stereocenters. The third-order valence-electron chi connectivity index (χ3n) is 13.4. The van der Waals surface area contributed by atoms with Crippen molar-refractivity contribution in [2.45, 2.75) is 102 Å². The van der Waals surface area contributed by atoms with Gasteiger partial charge in [-0.3, -0.25) is 0 Å². The first-order chi connectivity index (χ1) is 17.3. The Morgan fingerprint density at radius 3 is 2.67 bits per heavy atom. The van der Waals surface area contributed by atoms with Crippen LogP contribution in [0.2, 0.25) is 0 Å². The van der Waals surface area contributed by atoms with Crippen LogP contribution in [-0.4, -0.2) is 48.1 Å². The lowest BCUT2D eigenvalue weighted by molar-refractivity contribution is -0.317. The Labute approximate surface area is 218 Å². The fourth-order valence-electron chi connectivity index (χ4n) is 12.5. The van der Waals surface area contributed by atoms with Gasteiger partial charge in [0.15, 0.2) is 0 Å². The number of hydrogen-bond donors (Lipinski definition) is 4. The van der Waals surface area contributed by atoms with Crippen molar-refractivity contribution >= 4 is 0 Å². The molecule has 0 amide bonds. The Hall–Kier alpha value is -0.680. The van der Waals surface area contributed by atoms with Crippen molar-refractivity contribution < 1.29 is 10.2 Å². The standard InChI is InChI=1S/C32H50N2O2/c1-4-5-6-7-21-14-25-26(34-13-12-33-3)23-10-11-32-27(35)24-9-8-22-15-28(24,2)19-31(36,17-22)30(32,18-23)20-29(25,32)16-21/h8-11,21-27,33-36H,4-7,12-20H2,1-3H3. The third kappa shape index (κ3) is 2.71. The molecule has 6 saturated carbocycles. The summed E-state index contributed by atoms with van der Waals surface area (Å²) >= 11 is 0. The summed E-state index contributed by atoms with van der Waals surface area (Å²) in [5, 5.41) is 33.0. The molecule has 12 unspecified atom stereocenters.